The highest BCUT2D eigenvalue weighted by molar-refractivity contribution is 14.1. The lowest BCUT2D eigenvalue weighted by Gasteiger charge is -2.17. The highest BCUT2D eigenvalue weighted by atomic mass is 127. The number of hydrogen-bond donors (Lipinski definition) is 2. The Balaban J connectivity index is 1.87. The van der Waals surface area contributed by atoms with Gasteiger partial charge in [0.1, 0.15) is 0 Å². The Morgan fingerprint density at radius 3 is 2.95 bits per heavy atom. The molecule has 5 heteroatoms. The van der Waals surface area contributed by atoms with Crippen LogP contribution in [0.3, 0.4) is 0 Å². The van der Waals surface area contributed by atoms with Gasteiger partial charge in [-0.15, -0.1) is 0 Å². The van der Waals surface area contributed by atoms with Crippen LogP contribution in [0, 0.1) is 16.4 Å². The lowest BCUT2D eigenvalue weighted by Crippen LogP contribution is -2.32. The summed E-state index contributed by atoms with van der Waals surface area (Å²) in [6.45, 7) is 5.90. The molecule has 4 nitrogen and oxygen atoms in total. The smallest absolute Gasteiger partial charge is 0.238 e. The van der Waals surface area contributed by atoms with Gasteiger partial charge < -0.3 is 10.4 Å². The summed E-state index contributed by atoms with van der Waals surface area (Å²) in [4.78, 5) is 14.2. The molecule has 2 atom stereocenters. The zero-order valence-corrected chi connectivity index (χ0v) is 14.1. The van der Waals surface area contributed by atoms with Crippen molar-refractivity contribution in [3.63, 3.8) is 0 Å². The molecule has 110 valence electrons. The largest absolute Gasteiger partial charge is 0.393 e. The molecule has 1 heterocycles. The first-order chi connectivity index (χ1) is 9.45. The number of rotatable bonds is 4. The van der Waals surface area contributed by atoms with E-state index in [1.807, 2.05) is 26.0 Å². The average molecular weight is 388 g/mol. The summed E-state index contributed by atoms with van der Waals surface area (Å²) in [6, 6.07) is 5.98. The fourth-order valence-electron chi connectivity index (χ4n) is 2.56. The number of aliphatic hydroxyl groups excluding tert-OH is 1. The summed E-state index contributed by atoms with van der Waals surface area (Å²) >= 11 is 2.26. The minimum absolute atomic E-state index is 0.0144. The maximum atomic E-state index is 12.1. The minimum Gasteiger partial charge on any atom is -0.393 e. The van der Waals surface area contributed by atoms with E-state index in [1.54, 1.807) is 0 Å². The van der Waals surface area contributed by atoms with Crippen molar-refractivity contribution in [1.82, 2.24) is 4.90 Å². The van der Waals surface area contributed by atoms with Crippen LogP contribution in [-0.4, -0.2) is 41.7 Å². The molecule has 2 rings (SSSR count). The zero-order chi connectivity index (χ0) is 14.7. The van der Waals surface area contributed by atoms with E-state index in [9.17, 15) is 9.90 Å². The standard InChI is InChI=1S/C15H21IN2O2/c1-10-7-13(16)3-4-14(10)17-15(20)9-18-6-5-12(8-18)11(2)19/h3-4,7,11-12,19H,5-6,8-9H2,1-2H3,(H,17,20). The predicted octanol–water partition coefficient (Wildman–Crippen LogP) is 2.24. The topological polar surface area (TPSA) is 52.6 Å². The Labute approximate surface area is 133 Å². The summed E-state index contributed by atoms with van der Waals surface area (Å²) in [5.74, 6) is 0.309. The molecule has 0 saturated carbocycles. The van der Waals surface area contributed by atoms with Crippen LogP contribution < -0.4 is 5.32 Å². The van der Waals surface area contributed by atoms with Crippen molar-refractivity contribution in [1.29, 1.82) is 0 Å². The Morgan fingerprint density at radius 1 is 1.60 bits per heavy atom. The van der Waals surface area contributed by atoms with Crippen molar-refractivity contribution < 1.29 is 9.90 Å². The number of anilines is 1. The van der Waals surface area contributed by atoms with Crippen LogP contribution >= 0.6 is 22.6 Å². The quantitative estimate of drug-likeness (QED) is 0.779. The molecule has 2 unspecified atom stereocenters. The highest BCUT2D eigenvalue weighted by Crippen LogP contribution is 2.20. The average Bonchev–Trinajstić information content (AvgIpc) is 2.81. The third-order valence-corrected chi connectivity index (χ3v) is 4.49. The summed E-state index contributed by atoms with van der Waals surface area (Å²) in [5.41, 5.74) is 1.95. The molecule has 1 aromatic rings. The van der Waals surface area contributed by atoms with E-state index >= 15 is 0 Å². The van der Waals surface area contributed by atoms with Crippen LogP contribution in [0.1, 0.15) is 18.9 Å². The number of nitrogens with one attached hydrogen (secondary N) is 1. The van der Waals surface area contributed by atoms with Crippen LogP contribution in [0.15, 0.2) is 18.2 Å². The van der Waals surface area contributed by atoms with Gasteiger partial charge in [-0.2, -0.15) is 0 Å². The van der Waals surface area contributed by atoms with Gasteiger partial charge in [-0.1, -0.05) is 0 Å². The number of amides is 1. The van der Waals surface area contributed by atoms with Crippen LogP contribution in [0.2, 0.25) is 0 Å². The number of aliphatic hydroxyl groups is 1. The van der Waals surface area contributed by atoms with Gasteiger partial charge in [0.2, 0.25) is 5.91 Å². The van der Waals surface area contributed by atoms with E-state index in [2.05, 4.69) is 38.9 Å². The van der Waals surface area contributed by atoms with Crippen molar-refractivity contribution in [3.8, 4) is 0 Å². The van der Waals surface area contributed by atoms with Gasteiger partial charge in [0, 0.05) is 15.8 Å². The second-order valence-corrected chi connectivity index (χ2v) is 6.78. The number of nitrogens with zero attached hydrogens (tertiary/aromatic N) is 1. The number of aryl methyl sites for hydroxylation is 1. The third kappa shape index (κ3) is 4.17. The summed E-state index contributed by atoms with van der Waals surface area (Å²) in [5, 5.41) is 12.5. The van der Waals surface area contributed by atoms with E-state index in [4.69, 9.17) is 0 Å². The van der Waals surface area contributed by atoms with Crippen LogP contribution in [-0.2, 0) is 4.79 Å². The number of benzene rings is 1. The molecule has 0 aliphatic carbocycles. The van der Waals surface area contributed by atoms with E-state index in [-0.39, 0.29) is 12.0 Å². The molecule has 0 bridgehead atoms. The Bertz CT molecular complexity index is 491. The molecule has 1 aliphatic rings. The Kier molecular flexibility index (Phi) is 5.40. The number of likely N-dealkylation sites (tertiary alicyclic amines) is 1. The van der Waals surface area contributed by atoms with Crippen molar-refractivity contribution in [2.24, 2.45) is 5.92 Å². The molecule has 1 aromatic carbocycles. The molecule has 20 heavy (non-hydrogen) atoms. The van der Waals surface area contributed by atoms with Crippen molar-refractivity contribution in [2.45, 2.75) is 26.4 Å². The molecule has 1 saturated heterocycles. The lowest BCUT2D eigenvalue weighted by atomic mass is 10.0. The van der Waals surface area contributed by atoms with Crippen molar-refractivity contribution in [2.75, 3.05) is 25.0 Å². The molecule has 0 spiro atoms. The second-order valence-electron chi connectivity index (χ2n) is 5.53. The van der Waals surface area contributed by atoms with E-state index in [0.29, 0.717) is 12.5 Å². The highest BCUT2D eigenvalue weighted by Gasteiger charge is 2.27. The molecule has 1 aliphatic heterocycles. The second kappa shape index (κ2) is 6.87. The first-order valence-electron chi connectivity index (χ1n) is 6.92. The Morgan fingerprint density at radius 2 is 2.35 bits per heavy atom. The van der Waals surface area contributed by atoms with E-state index < -0.39 is 0 Å². The number of carbonyl (C=O) groups excluding carboxylic acids is 1. The maximum Gasteiger partial charge on any atom is 0.238 e. The molecule has 1 fully saturated rings. The predicted molar refractivity (Wildman–Crippen MR) is 88.8 cm³/mol. The fraction of sp³-hybridized carbons (Fsp3) is 0.533. The van der Waals surface area contributed by atoms with Gasteiger partial charge in [0.15, 0.2) is 0 Å². The van der Waals surface area contributed by atoms with Crippen molar-refractivity contribution in [3.05, 3.63) is 27.3 Å². The zero-order valence-electron chi connectivity index (χ0n) is 11.9. The van der Waals surface area contributed by atoms with Crippen LogP contribution in [0.4, 0.5) is 5.69 Å². The number of carbonyl (C=O) groups is 1. The molecule has 0 aromatic heterocycles. The van der Waals surface area contributed by atoms with E-state index in [1.165, 1.54) is 0 Å². The van der Waals surface area contributed by atoms with Crippen LogP contribution in [0.5, 0.6) is 0 Å². The summed E-state index contributed by atoms with van der Waals surface area (Å²) < 4.78 is 1.16. The molecular weight excluding hydrogens is 367 g/mol. The normalized spacial score (nSPS) is 20.9. The fourth-order valence-corrected chi connectivity index (χ4v) is 3.21. The van der Waals surface area contributed by atoms with Gasteiger partial charge >= 0.3 is 0 Å². The number of halogens is 1. The SMILES string of the molecule is Cc1cc(I)ccc1NC(=O)CN1CCC(C(C)O)C1. The minimum atomic E-state index is -0.290. The van der Waals surface area contributed by atoms with Gasteiger partial charge in [-0.25, -0.2) is 0 Å². The van der Waals surface area contributed by atoms with Crippen LogP contribution in [0.25, 0.3) is 0 Å². The first-order valence-corrected chi connectivity index (χ1v) is 8.00. The van der Waals surface area contributed by atoms with Gasteiger partial charge in [0.25, 0.3) is 0 Å². The summed E-state index contributed by atoms with van der Waals surface area (Å²) in [7, 11) is 0. The third-order valence-electron chi connectivity index (χ3n) is 3.82. The van der Waals surface area contributed by atoms with Crippen molar-refractivity contribution >= 4 is 34.2 Å². The Hall–Kier alpha value is -0.660. The molecule has 0 radical (unpaired) electrons. The molecule has 1 amide bonds. The monoisotopic (exact) mass is 388 g/mol. The van der Waals surface area contributed by atoms with E-state index in [0.717, 1.165) is 34.3 Å². The number of hydrogen-bond acceptors (Lipinski definition) is 3. The van der Waals surface area contributed by atoms with Gasteiger partial charge in [-0.3, -0.25) is 9.69 Å². The van der Waals surface area contributed by atoms with Gasteiger partial charge in [0.05, 0.1) is 12.6 Å². The summed E-state index contributed by atoms with van der Waals surface area (Å²) in [6.07, 6.45) is 0.676. The lowest BCUT2D eigenvalue weighted by molar-refractivity contribution is -0.117. The maximum absolute atomic E-state index is 12.1. The first kappa shape index (κ1) is 15.7. The molecule has 2 N–H and O–H groups in total. The van der Waals surface area contributed by atoms with Gasteiger partial charge in [-0.05, 0) is 79.1 Å². The molecular formula is C15H21IN2O2.